The number of aryl methyl sites for hydroxylation is 2. The third kappa shape index (κ3) is 5.84. The van der Waals surface area contributed by atoms with E-state index >= 15 is 0 Å². The largest absolute Gasteiger partial charge is 0.396 e. The van der Waals surface area contributed by atoms with Crippen LogP contribution in [0, 0.1) is 0 Å². The topological polar surface area (TPSA) is 92.4 Å². The molecule has 1 aromatic carbocycles. The number of primary amides is 1. The maximum absolute atomic E-state index is 10.9. The van der Waals surface area contributed by atoms with Gasteiger partial charge in [0.05, 0.1) is 0 Å². The summed E-state index contributed by atoms with van der Waals surface area (Å²) in [5.41, 5.74) is 7.38. The van der Waals surface area contributed by atoms with E-state index in [2.05, 4.69) is 17.4 Å². The zero-order chi connectivity index (χ0) is 14.8. The van der Waals surface area contributed by atoms with Crippen molar-refractivity contribution in [1.29, 1.82) is 0 Å². The zero-order valence-electron chi connectivity index (χ0n) is 11.6. The lowest BCUT2D eigenvalue weighted by atomic mass is 9.98. The van der Waals surface area contributed by atoms with Crippen molar-refractivity contribution in [2.24, 2.45) is 5.73 Å². The molecule has 0 bridgehead atoms. The minimum absolute atomic E-state index is 0.202. The quantitative estimate of drug-likeness (QED) is 0.478. The van der Waals surface area contributed by atoms with E-state index in [1.807, 2.05) is 12.1 Å². The summed E-state index contributed by atoms with van der Waals surface area (Å²) in [5.74, 6) is -1.67. The number of unbranched alkanes of at least 4 members (excludes halogenated alkanes) is 1. The van der Waals surface area contributed by atoms with Crippen LogP contribution < -0.4 is 11.1 Å². The van der Waals surface area contributed by atoms with E-state index in [1.165, 1.54) is 11.1 Å². The average molecular weight is 278 g/mol. The van der Waals surface area contributed by atoms with Gasteiger partial charge in [-0.3, -0.25) is 9.59 Å². The third-order valence-electron chi connectivity index (χ3n) is 3.10. The van der Waals surface area contributed by atoms with Crippen LogP contribution in [0.1, 0.15) is 30.4 Å². The molecule has 0 saturated heterocycles. The van der Waals surface area contributed by atoms with Crippen molar-refractivity contribution in [3.8, 4) is 0 Å². The van der Waals surface area contributed by atoms with E-state index in [0.717, 1.165) is 32.1 Å². The number of aliphatic hydroxyl groups is 1. The first kappa shape index (κ1) is 16.2. The minimum Gasteiger partial charge on any atom is -0.396 e. The van der Waals surface area contributed by atoms with Crippen molar-refractivity contribution in [3.05, 3.63) is 35.4 Å². The van der Waals surface area contributed by atoms with E-state index in [4.69, 9.17) is 10.8 Å². The van der Waals surface area contributed by atoms with E-state index in [-0.39, 0.29) is 6.61 Å². The molecule has 0 saturated carbocycles. The number of hydrogen-bond donors (Lipinski definition) is 3. The number of rotatable bonds is 8. The van der Waals surface area contributed by atoms with E-state index < -0.39 is 11.8 Å². The molecule has 0 heterocycles. The molecule has 0 fully saturated rings. The van der Waals surface area contributed by atoms with Crippen LogP contribution in [0.2, 0.25) is 0 Å². The summed E-state index contributed by atoms with van der Waals surface area (Å²) in [6, 6.07) is 8.19. The fourth-order valence-electron chi connectivity index (χ4n) is 2.04. The highest BCUT2D eigenvalue weighted by atomic mass is 16.3. The monoisotopic (exact) mass is 278 g/mol. The molecule has 0 aliphatic rings. The Kier molecular flexibility index (Phi) is 7.35. The summed E-state index contributed by atoms with van der Waals surface area (Å²) in [6.45, 7) is 0.661. The number of nitrogens with one attached hydrogen (secondary N) is 1. The number of carbonyl (C=O) groups excluding carboxylic acids is 2. The molecule has 0 unspecified atom stereocenters. The minimum atomic E-state index is -0.945. The predicted molar refractivity (Wildman–Crippen MR) is 77.0 cm³/mol. The summed E-state index contributed by atoms with van der Waals surface area (Å²) in [5, 5.41) is 11.4. The molecular formula is C15H22N2O3. The molecule has 0 aliphatic carbocycles. The van der Waals surface area contributed by atoms with E-state index in [1.54, 1.807) is 0 Å². The summed E-state index contributed by atoms with van der Waals surface area (Å²) >= 11 is 0. The maximum atomic E-state index is 10.9. The van der Waals surface area contributed by atoms with Gasteiger partial charge >= 0.3 is 11.8 Å². The Morgan fingerprint density at radius 1 is 1.05 bits per heavy atom. The van der Waals surface area contributed by atoms with Crippen molar-refractivity contribution in [2.75, 3.05) is 13.2 Å². The van der Waals surface area contributed by atoms with Gasteiger partial charge < -0.3 is 16.2 Å². The maximum Gasteiger partial charge on any atom is 0.309 e. The van der Waals surface area contributed by atoms with Crippen LogP contribution in [0.4, 0.5) is 0 Å². The molecule has 5 heteroatoms. The van der Waals surface area contributed by atoms with Gasteiger partial charge in [0.25, 0.3) is 0 Å². The van der Waals surface area contributed by atoms with Gasteiger partial charge in [0.15, 0.2) is 0 Å². The van der Waals surface area contributed by atoms with Gasteiger partial charge in [-0.1, -0.05) is 24.3 Å². The summed E-state index contributed by atoms with van der Waals surface area (Å²) in [6.07, 6.45) is 4.30. The highest BCUT2D eigenvalue weighted by Crippen LogP contribution is 2.13. The molecule has 0 radical (unpaired) electrons. The number of carbonyl (C=O) groups is 2. The molecule has 1 aromatic rings. The average Bonchev–Trinajstić information content (AvgIpc) is 2.45. The van der Waals surface area contributed by atoms with Crippen molar-refractivity contribution in [2.45, 2.75) is 32.1 Å². The lowest BCUT2D eigenvalue weighted by Gasteiger charge is -2.09. The SMILES string of the molecule is NC(=O)C(=O)NCCCCc1ccccc1CCCO. The summed E-state index contributed by atoms with van der Waals surface area (Å²) in [4.78, 5) is 21.5. The standard InChI is InChI=1S/C15H22N2O3/c16-14(19)15(20)17-10-4-3-8-12-6-1-2-7-13(12)9-5-11-18/h1-2,6-7,18H,3-5,8-11H2,(H2,16,19)(H,17,20). The van der Waals surface area contributed by atoms with E-state index in [0.29, 0.717) is 6.54 Å². The molecule has 5 nitrogen and oxygen atoms in total. The first-order chi connectivity index (χ1) is 9.65. The Hall–Kier alpha value is -1.88. The van der Waals surface area contributed by atoms with Gasteiger partial charge in [0, 0.05) is 13.2 Å². The number of aliphatic hydroxyl groups excluding tert-OH is 1. The van der Waals surface area contributed by atoms with Gasteiger partial charge in [-0.15, -0.1) is 0 Å². The molecule has 0 aliphatic heterocycles. The zero-order valence-corrected chi connectivity index (χ0v) is 11.6. The molecule has 0 atom stereocenters. The molecule has 0 spiro atoms. The van der Waals surface area contributed by atoms with Crippen LogP contribution >= 0.6 is 0 Å². The van der Waals surface area contributed by atoms with E-state index in [9.17, 15) is 9.59 Å². The van der Waals surface area contributed by atoms with Crippen LogP contribution in [0.3, 0.4) is 0 Å². The Morgan fingerprint density at radius 2 is 1.65 bits per heavy atom. The van der Waals surface area contributed by atoms with Crippen molar-refractivity contribution in [3.63, 3.8) is 0 Å². The first-order valence-electron chi connectivity index (χ1n) is 6.90. The summed E-state index contributed by atoms with van der Waals surface area (Å²) in [7, 11) is 0. The Labute approximate surface area is 119 Å². The Bertz CT molecular complexity index is 446. The highest BCUT2D eigenvalue weighted by molar-refractivity contribution is 6.34. The van der Waals surface area contributed by atoms with Gasteiger partial charge in [-0.2, -0.15) is 0 Å². The number of hydrogen-bond acceptors (Lipinski definition) is 3. The third-order valence-corrected chi connectivity index (χ3v) is 3.10. The molecule has 0 aromatic heterocycles. The number of amides is 2. The first-order valence-corrected chi connectivity index (χ1v) is 6.90. The van der Waals surface area contributed by atoms with Gasteiger partial charge in [0.2, 0.25) is 0 Å². The predicted octanol–water partition coefficient (Wildman–Crippen LogP) is 0.536. The lowest BCUT2D eigenvalue weighted by Crippen LogP contribution is -2.36. The molecule has 110 valence electrons. The molecule has 4 N–H and O–H groups in total. The Morgan fingerprint density at radius 3 is 2.20 bits per heavy atom. The number of nitrogens with two attached hydrogens (primary N) is 1. The number of benzene rings is 1. The second kappa shape index (κ2) is 9.09. The normalized spacial score (nSPS) is 10.2. The van der Waals surface area contributed by atoms with Crippen LogP contribution in [-0.4, -0.2) is 30.1 Å². The van der Waals surface area contributed by atoms with Crippen molar-refractivity contribution < 1.29 is 14.7 Å². The van der Waals surface area contributed by atoms with Crippen LogP contribution in [0.15, 0.2) is 24.3 Å². The van der Waals surface area contributed by atoms with Crippen molar-refractivity contribution >= 4 is 11.8 Å². The molecule has 2 amide bonds. The van der Waals surface area contributed by atoms with Gasteiger partial charge in [0.1, 0.15) is 0 Å². The molecule has 20 heavy (non-hydrogen) atoms. The fraction of sp³-hybridized carbons (Fsp3) is 0.467. The molecule has 1 rings (SSSR count). The smallest absolute Gasteiger partial charge is 0.309 e. The molecular weight excluding hydrogens is 256 g/mol. The van der Waals surface area contributed by atoms with Crippen LogP contribution in [-0.2, 0) is 22.4 Å². The van der Waals surface area contributed by atoms with Crippen LogP contribution in [0.5, 0.6) is 0 Å². The second-order valence-electron chi connectivity index (χ2n) is 4.67. The van der Waals surface area contributed by atoms with Gasteiger partial charge in [-0.25, -0.2) is 0 Å². The fourth-order valence-corrected chi connectivity index (χ4v) is 2.04. The second-order valence-corrected chi connectivity index (χ2v) is 4.67. The van der Waals surface area contributed by atoms with Gasteiger partial charge in [-0.05, 0) is 43.2 Å². The van der Waals surface area contributed by atoms with Crippen LogP contribution in [0.25, 0.3) is 0 Å². The highest BCUT2D eigenvalue weighted by Gasteiger charge is 2.06. The summed E-state index contributed by atoms with van der Waals surface area (Å²) < 4.78 is 0. The van der Waals surface area contributed by atoms with Crippen molar-refractivity contribution in [1.82, 2.24) is 5.32 Å². The lowest BCUT2D eigenvalue weighted by molar-refractivity contribution is -0.137. The Balaban J connectivity index is 2.31.